The van der Waals surface area contributed by atoms with Gasteiger partial charge in [0.25, 0.3) is 0 Å². The first-order chi connectivity index (χ1) is 13.4. The van der Waals surface area contributed by atoms with Gasteiger partial charge in [0.1, 0.15) is 22.5 Å². The highest BCUT2D eigenvalue weighted by Gasteiger charge is 2.50. The number of hydrogen-bond donors (Lipinski definition) is 3. The highest BCUT2D eigenvalue weighted by Crippen LogP contribution is 2.37. The van der Waals surface area contributed by atoms with Crippen molar-refractivity contribution in [3.05, 3.63) is 53.7 Å². The van der Waals surface area contributed by atoms with E-state index < -0.39 is 23.5 Å². The molecule has 0 saturated carbocycles. The molecule has 2 heterocycles. The van der Waals surface area contributed by atoms with Crippen molar-refractivity contribution in [1.29, 1.82) is 0 Å². The van der Waals surface area contributed by atoms with Crippen molar-refractivity contribution in [2.75, 3.05) is 25.1 Å². The molecule has 2 atom stereocenters. The SMILES string of the molecule is COc1cccc(C[C@@]2(C(=O)O)CN(c3ncccc3C(=O)O)CC[C@@H]2O)c1. The molecule has 28 heavy (non-hydrogen) atoms. The fourth-order valence-corrected chi connectivity index (χ4v) is 3.68. The van der Waals surface area contributed by atoms with Crippen LogP contribution in [0.2, 0.25) is 0 Å². The smallest absolute Gasteiger partial charge is 0.339 e. The molecule has 8 heteroatoms. The molecule has 0 bridgehead atoms. The number of aliphatic carboxylic acids is 1. The molecular formula is C20H22N2O6. The molecule has 0 radical (unpaired) electrons. The molecule has 2 aromatic rings. The number of benzene rings is 1. The number of hydrogen-bond acceptors (Lipinski definition) is 6. The Morgan fingerprint density at radius 2 is 2.07 bits per heavy atom. The van der Waals surface area contributed by atoms with Crippen LogP contribution in [0.5, 0.6) is 5.75 Å². The number of aromatic carboxylic acids is 1. The number of piperidine rings is 1. The van der Waals surface area contributed by atoms with Crippen LogP contribution in [-0.2, 0) is 11.2 Å². The minimum absolute atomic E-state index is 0.000408. The number of aliphatic hydroxyl groups is 1. The average Bonchev–Trinajstić information content (AvgIpc) is 2.69. The van der Waals surface area contributed by atoms with Crippen LogP contribution in [0.3, 0.4) is 0 Å². The third-order valence-corrected chi connectivity index (χ3v) is 5.18. The maximum atomic E-state index is 12.3. The number of aliphatic hydroxyl groups excluding tert-OH is 1. The second kappa shape index (κ2) is 7.85. The highest BCUT2D eigenvalue weighted by atomic mass is 16.5. The van der Waals surface area contributed by atoms with Gasteiger partial charge in [-0.15, -0.1) is 0 Å². The molecule has 0 amide bonds. The summed E-state index contributed by atoms with van der Waals surface area (Å²) in [5, 5.41) is 30.1. The largest absolute Gasteiger partial charge is 0.497 e. The summed E-state index contributed by atoms with van der Waals surface area (Å²) in [6, 6.07) is 9.99. The third kappa shape index (κ3) is 3.63. The van der Waals surface area contributed by atoms with Gasteiger partial charge in [0.2, 0.25) is 0 Å². The van der Waals surface area contributed by atoms with E-state index in [-0.39, 0.29) is 30.8 Å². The summed E-state index contributed by atoms with van der Waals surface area (Å²) >= 11 is 0. The number of aromatic nitrogens is 1. The lowest BCUT2D eigenvalue weighted by Crippen LogP contribution is -2.57. The quantitative estimate of drug-likeness (QED) is 0.686. The van der Waals surface area contributed by atoms with Crippen molar-refractivity contribution in [1.82, 2.24) is 4.98 Å². The van der Waals surface area contributed by atoms with E-state index in [0.29, 0.717) is 17.9 Å². The molecule has 1 aliphatic rings. The highest BCUT2D eigenvalue weighted by molar-refractivity contribution is 5.93. The molecule has 1 aliphatic heterocycles. The van der Waals surface area contributed by atoms with E-state index >= 15 is 0 Å². The van der Waals surface area contributed by atoms with Gasteiger partial charge in [-0.3, -0.25) is 4.79 Å². The maximum absolute atomic E-state index is 12.3. The van der Waals surface area contributed by atoms with Crippen LogP contribution in [0.15, 0.2) is 42.6 Å². The van der Waals surface area contributed by atoms with Gasteiger partial charge in [-0.05, 0) is 42.7 Å². The number of rotatable bonds is 6. The van der Waals surface area contributed by atoms with E-state index in [1.807, 2.05) is 0 Å². The predicted molar refractivity (Wildman–Crippen MR) is 101 cm³/mol. The minimum Gasteiger partial charge on any atom is -0.497 e. The molecule has 0 unspecified atom stereocenters. The maximum Gasteiger partial charge on any atom is 0.339 e. The molecular weight excluding hydrogens is 364 g/mol. The summed E-state index contributed by atoms with van der Waals surface area (Å²) < 4.78 is 5.20. The van der Waals surface area contributed by atoms with Crippen LogP contribution in [0.1, 0.15) is 22.3 Å². The van der Waals surface area contributed by atoms with Gasteiger partial charge in [0, 0.05) is 19.3 Å². The molecule has 8 nitrogen and oxygen atoms in total. The number of carboxylic acids is 2. The van der Waals surface area contributed by atoms with Gasteiger partial charge < -0.3 is 25.0 Å². The Balaban J connectivity index is 1.98. The van der Waals surface area contributed by atoms with Gasteiger partial charge in [-0.25, -0.2) is 9.78 Å². The van der Waals surface area contributed by atoms with Crippen LogP contribution < -0.4 is 9.64 Å². The summed E-state index contributed by atoms with van der Waals surface area (Å²) in [5.74, 6) is -1.47. The second-order valence-electron chi connectivity index (χ2n) is 6.90. The van der Waals surface area contributed by atoms with E-state index in [9.17, 15) is 24.9 Å². The number of nitrogens with zero attached hydrogens (tertiary/aromatic N) is 2. The van der Waals surface area contributed by atoms with Crippen LogP contribution >= 0.6 is 0 Å². The summed E-state index contributed by atoms with van der Waals surface area (Å²) in [6.45, 7) is 0.254. The zero-order valence-electron chi connectivity index (χ0n) is 15.4. The van der Waals surface area contributed by atoms with Crippen LogP contribution in [0, 0.1) is 5.41 Å². The van der Waals surface area contributed by atoms with E-state index in [1.165, 1.54) is 25.4 Å². The standard InChI is InChI=1S/C20H22N2O6/c1-28-14-5-2-4-13(10-14)11-20(19(26)27)12-22(9-7-16(20)23)17-15(18(24)25)6-3-8-21-17/h2-6,8,10,16,23H,7,9,11-12H2,1H3,(H,24,25)(H,26,27)/t16-,20+/m0/s1. The van der Waals surface area contributed by atoms with Crippen molar-refractivity contribution < 1.29 is 29.6 Å². The van der Waals surface area contributed by atoms with E-state index in [0.717, 1.165) is 0 Å². The molecule has 1 aromatic carbocycles. The first kappa shape index (κ1) is 19.6. The summed E-state index contributed by atoms with van der Waals surface area (Å²) in [6.07, 6.45) is 0.653. The number of methoxy groups -OCH3 is 1. The first-order valence-corrected chi connectivity index (χ1v) is 8.85. The Morgan fingerprint density at radius 3 is 2.75 bits per heavy atom. The molecule has 0 aliphatic carbocycles. The van der Waals surface area contributed by atoms with E-state index in [1.54, 1.807) is 29.2 Å². The zero-order valence-corrected chi connectivity index (χ0v) is 15.4. The van der Waals surface area contributed by atoms with Gasteiger partial charge in [0.05, 0.1) is 13.2 Å². The molecule has 1 saturated heterocycles. The Hall–Kier alpha value is -3.13. The lowest BCUT2D eigenvalue weighted by atomic mass is 9.72. The first-order valence-electron chi connectivity index (χ1n) is 8.85. The van der Waals surface area contributed by atoms with Crippen molar-refractivity contribution in [3.63, 3.8) is 0 Å². The summed E-state index contributed by atoms with van der Waals surface area (Å²) in [5.41, 5.74) is -0.792. The van der Waals surface area contributed by atoms with Crippen molar-refractivity contribution in [3.8, 4) is 5.75 Å². The fourth-order valence-electron chi connectivity index (χ4n) is 3.68. The number of pyridine rings is 1. The van der Waals surface area contributed by atoms with E-state index in [4.69, 9.17) is 4.74 Å². The van der Waals surface area contributed by atoms with Crippen molar-refractivity contribution >= 4 is 17.8 Å². The normalized spacial score (nSPS) is 21.9. The summed E-state index contributed by atoms with van der Waals surface area (Å²) in [7, 11) is 1.53. The second-order valence-corrected chi connectivity index (χ2v) is 6.90. The van der Waals surface area contributed by atoms with Crippen LogP contribution in [-0.4, -0.2) is 58.5 Å². The lowest BCUT2D eigenvalue weighted by Gasteiger charge is -2.44. The molecule has 1 fully saturated rings. The molecule has 0 spiro atoms. The number of carbonyl (C=O) groups is 2. The van der Waals surface area contributed by atoms with Gasteiger partial charge in [-0.2, -0.15) is 0 Å². The van der Waals surface area contributed by atoms with Gasteiger partial charge in [0.15, 0.2) is 0 Å². The molecule has 148 valence electrons. The Kier molecular flexibility index (Phi) is 5.51. The Bertz CT molecular complexity index is 887. The fraction of sp³-hybridized carbons (Fsp3) is 0.350. The van der Waals surface area contributed by atoms with Crippen molar-refractivity contribution in [2.45, 2.75) is 18.9 Å². The monoisotopic (exact) mass is 386 g/mol. The third-order valence-electron chi connectivity index (χ3n) is 5.18. The minimum atomic E-state index is -1.50. The van der Waals surface area contributed by atoms with Crippen molar-refractivity contribution in [2.24, 2.45) is 5.41 Å². The van der Waals surface area contributed by atoms with Gasteiger partial charge >= 0.3 is 11.9 Å². The van der Waals surface area contributed by atoms with Crippen LogP contribution in [0.25, 0.3) is 0 Å². The predicted octanol–water partition coefficient (Wildman–Crippen LogP) is 1.67. The topological polar surface area (TPSA) is 120 Å². The van der Waals surface area contributed by atoms with E-state index in [2.05, 4.69) is 4.98 Å². The molecule has 3 N–H and O–H groups in total. The lowest BCUT2D eigenvalue weighted by molar-refractivity contribution is -0.157. The average molecular weight is 386 g/mol. The molecule has 3 rings (SSSR count). The zero-order chi connectivity index (χ0) is 20.3. The number of anilines is 1. The van der Waals surface area contributed by atoms with Gasteiger partial charge in [-0.1, -0.05) is 12.1 Å². The Labute approximate surface area is 162 Å². The summed E-state index contributed by atoms with van der Waals surface area (Å²) in [4.78, 5) is 29.6. The number of carboxylic acid groups (broad SMARTS) is 2. The van der Waals surface area contributed by atoms with Crippen LogP contribution in [0.4, 0.5) is 5.82 Å². The molecule has 1 aromatic heterocycles. The number of ether oxygens (including phenoxy) is 1. The Morgan fingerprint density at radius 1 is 1.29 bits per heavy atom.